The van der Waals surface area contributed by atoms with Gasteiger partial charge in [0.2, 0.25) is 0 Å². The third-order valence-corrected chi connectivity index (χ3v) is 4.12. The number of carbonyl (C=O) groups is 1. The van der Waals surface area contributed by atoms with E-state index in [0.717, 1.165) is 20.6 Å². The fraction of sp³-hybridized carbons (Fsp3) is 0.231. The predicted octanol–water partition coefficient (Wildman–Crippen LogP) is 4.05. The van der Waals surface area contributed by atoms with Gasteiger partial charge >= 0.3 is 5.97 Å². The van der Waals surface area contributed by atoms with Gasteiger partial charge in [-0.1, -0.05) is 6.07 Å². The van der Waals surface area contributed by atoms with Crippen molar-refractivity contribution in [3.8, 4) is 0 Å². The monoisotopic (exact) mass is 340 g/mol. The van der Waals surface area contributed by atoms with Crippen molar-refractivity contribution in [1.29, 1.82) is 0 Å². The second kappa shape index (κ2) is 5.71. The number of esters is 1. The maximum absolute atomic E-state index is 11.5. The molecule has 0 saturated carbocycles. The van der Waals surface area contributed by atoms with Gasteiger partial charge in [-0.2, -0.15) is 0 Å². The number of benzene rings is 1. The summed E-state index contributed by atoms with van der Waals surface area (Å²) in [7, 11) is 1.35. The Labute approximate surface area is 124 Å². The number of aromatic nitrogens is 1. The summed E-state index contributed by atoms with van der Waals surface area (Å²) in [5, 5.41) is 3.88. The Morgan fingerprint density at radius 1 is 1.42 bits per heavy atom. The van der Waals surface area contributed by atoms with Gasteiger partial charge in [0.15, 0.2) is 10.8 Å². The first-order valence-electron chi connectivity index (χ1n) is 5.60. The van der Waals surface area contributed by atoms with Crippen LogP contribution in [-0.2, 0) is 4.74 Å². The van der Waals surface area contributed by atoms with Crippen molar-refractivity contribution in [1.82, 2.24) is 4.98 Å². The first-order chi connectivity index (χ1) is 9.01. The average Bonchev–Trinajstić information content (AvgIpc) is 2.74. The Bertz CT molecular complexity index is 625. The molecule has 1 heterocycles. The number of rotatable bonds is 3. The largest absolute Gasteiger partial charge is 0.464 e. The predicted molar refractivity (Wildman–Crippen MR) is 80.4 cm³/mol. The number of hydrogen-bond acceptors (Lipinski definition) is 5. The van der Waals surface area contributed by atoms with Gasteiger partial charge in [-0.25, -0.2) is 9.78 Å². The van der Waals surface area contributed by atoms with E-state index in [1.165, 1.54) is 18.4 Å². The van der Waals surface area contributed by atoms with Crippen LogP contribution in [0.2, 0.25) is 0 Å². The Morgan fingerprint density at radius 3 is 2.84 bits per heavy atom. The number of nitrogens with zero attached hydrogens (tertiary/aromatic N) is 1. The molecule has 2 aromatic rings. The molecular weight excluding hydrogens is 328 g/mol. The normalized spacial score (nSPS) is 10.3. The van der Waals surface area contributed by atoms with Crippen LogP contribution in [0.25, 0.3) is 0 Å². The van der Waals surface area contributed by atoms with Crippen LogP contribution in [0.15, 0.2) is 22.7 Å². The molecule has 4 nitrogen and oxygen atoms in total. The number of ether oxygens (including phenoxy) is 1. The number of aryl methyl sites for hydroxylation is 2. The number of anilines is 2. The van der Waals surface area contributed by atoms with Crippen LogP contribution in [0.3, 0.4) is 0 Å². The van der Waals surface area contributed by atoms with E-state index in [0.29, 0.717) is 10.8 Å². The molecule has 0 bridgehead atoms. The molecule has 1 aromatic carbocycles. The molecule has 1 aromatic heterocycles. The molecule has 0 amide bonds. The Morgan fingerprint density at radius 2 is 2.16 bits per heavy atom. The average molecular weight is 341 g/mol. The van der Waals surface area contributed by atoms with E-state index >= 15 is 0 Å². The fourth-order valence-electron chi connectivity index (χ4n) is 1.59. The fourth-order valence-corrected chi connectivity index (χ4v) is 2.75. The standard InChI is InChI=1S/C13H13BrN2O2S/c1-7-4-5-9(14)10(6-7)15-13-16-11(8(2)19-13)12(17)18-3/h4-6H,1-3H3,(H,15,16). The van der Waals surface area contributed by atoms with Crippen molar-refractivity contribution in [3.05, 3.63) is 38.8 Å². The molecule has 0 saturated heterocycles. The minimum absolute atomic E-state index is 0.360. The van der Waals surface area contributed by atoms with E-state index in [1.807, 2.05) is 32.0 Å². The third-order valence-electron chi connectivity index (χ3n) is 2.54. The van der Waals surface area contributed by atoms with Crippen LogP contribution in [0.1, 0.15) is 20.9 Å². The quantitative estimate of drug-likeness (QED) is 0.856. The molecule has 0 radical (unpaired) electrons. The van der Waals surface area contributed by atoms with Crippen molar-refractivity contribution in [2.24, 2.45) is 0 Å². The van der Waals surface area contributed by atoms with E-state index in [9.17, 15) is 4.79 Å². The van der Waals surface area contributed by atoms with Gasteiger partial charge in [-0.15, -0.1) is 11.3 Å². The van der Waals surface area contributed by atoms with Crippen molar-refractivity contribution in [3.63, 3.8) is 0 Å². The van der Waals surface area contributed by atoms with Gasteiger partial charge in [0.1, 0.15) is 0 Å². The van der Waals surface area contributed by atoms with Crippen molar-refractivity contribution >= 4 is 44.1 Å². The lowest BCUT2D eigenvalue weighted by Gasteiger charge is -2.06. The summed E-state index contributed by atoms with van der Waals surface area (Å²) in [6, 6.07) is 6.00. The molecule has 6 heteroatoms. The topological polar surface area (TPSA) is 51.2 Å². The zero-order chi connectivity index (χ0) is 14.0. The molecule has 0 fully saturated rings. The molecular formula is C13H13BrN2O2S. The maximum Gasteiger partial charge on any atom is 0.357 e. The van der Waals surface area contributed by atoms with Crippen LogP contribution in [0.5, 0.6) is 0 Å². The molecule has 0 atom stereocenters. The van der Waals surface area contributed by atoms with Crippen LogP contribution in [-0.4, -0.2) is 18.1 Å². The van der Waals surface area contributed by atoms with E-state index < -0.39 is 5.97 Å². The minimum Gasteiger partial charge on any atom is -0.464 e. The highest BCUT2D eigenvalue weighted by molar-refractivity contribution is 9.10. The molecule has 0 aliphatic heterocycles. The number of methoxy groups -OCH3 is 1. The number of thiazole rings is 1. The van der Waals surface area contributed by atoms with Gasteiger partial charge in [0.25, 0.3) is 0 Å². The summed E-state index contributed by atoms with van der Waals surface area (Å²) in [6.45, 7) is 3.87. The van der Waals surface area contributed by atoms with Gasteiger partial charge < -0.3 is 10.1 Å². The van der Waals surface area contributed by atoms with Crippen LogP contribution in [0, 0.1) is 13.8 Å². The summed E-state index contributed by atoms with van der Waals surface area (Å²) in [6.07, 6.45) is 0. The van der Waals surface area contributed by atoms with E-state index in [2.05, 4.69) is 26.2 Å². The first-order valence-corrected chi connectivity index (χ1v) is 7.21. The van der Waals surface area contributed by atoms with Crippen molar-refractivity contribution < 1.29 is 9.53 Å². The second-order valence-corrected chi connectivity index (χ2v) is 6.08. The summed E-state index contributed by atoms with van der Waals surface area (Å²) in [5.41, 5.74) is 2.43. The molecule has 0 aliphatic rings. The Balaban J connectivity index is 2.29. The zero-order valence-electron chi connectivity index (χ0n) is 10.8. The molecule has 0 aliphatic carbocycles. The highest BCUT2D eigenvalue weighted by atomic mass is 79.9. The molecule has 0 unspecified atom stereocenters. The molecule has 100 valence electrons. The third kappa shape index (κ3) is 3.13. The van der Waals surface area contributed by atoms with E-state index in [-0.39, 0.29) is 0 Å². The molecule has 1 N–H and O–H groups in total. The van der Waals surface area contributed by atoms with Crippen molar-refractivity contribution in [2.75, 3.05) is 12.4 Å². The van der Waals surface area contributed by atoms with Crippen molar-refractivity contribution in [2.45, 2.75) is 13.8 Å². The number of nitrogens with one attached hydrogen (secondary N) is 1. The van der Waals surface area contributed by atoms with Gasteiger partial charge in [0, 0.05) is 9.35 Å². The van der Waals surface area contributed by atoms with E-state index in [1.54, 1.807) is 0 Å². The zero-order valence-corrected chi connectivity index (χ0v) is 13.2. The second-order valence-electron chi connectivity index (χ2n) is 4.02. The first kappa shape index (κ1) is 14.0. The number of carbonyl (C=O) groups excluding carboxylic acids is 1. The lowest BCUT2D eigenvalue weighted by atomic mass is 10.2. The van der Waals surface area contributed by atoms with Crippen LogP contribution in [0.4, 0.5) is 10.8 Å². The number of halogens is 1. The van der Waals surface area contributed by atoms with Crippen LogP contribution >= 0.6 is 27.3 Å². The summed E-state index contributed by atoms with van der Waals surface area (Å²) < 4.78 is 5.64. The Hall–Kier alpha value is -1.40. The lowest BCUT2D eigenvalue weighted by Crippen LogP contribution is -2.03. The molecule has 0 spiro atoms. The Kier molecular flexibility index (Phi) is 4.21. The molecule has 19 heavy (non-hydrogen) atoms. The number of hydrogen-bond donors (Lipinski definition) is 1. The lowest BCUT2D eigenvalue weighted by molar-refractivity contribution is 0.0594. The van der Waals surface area contributed by atoms with E-state index in [4.69, 9.17) is 4.74 Å². The highest BCUT2D eigenvalue weighted by Gasteiger charge is 2.16. The smallest absolute Gasteiger partial charge is 0.357 e. The molecule has 2 rings (SSSR count). The van der Waals surface area contributed by atoms with Gasteiger partial charge in [-0.05, 0) is 47.5 Å². The summed E-state index contributed by atoms with van der Waals surface area (Å²) in [4.78, 5) is 16.6. The highest BCUT2D eigenvalue weighted by Crippen LogP contribution is 2.30. The van der Waals surface area contributed by atoms with Gasteiger partial charge in [-0.3, -0.25) is 0 Å². The van der Waals surface area contributed by atoms with Crippen LogP contribution < -0.4 is 5.32 Å². The SMILES string of the molecule is COC(=O)c1nc(Nc2cc(C)ccc2Br)sc1C. The van der Waals surface area contributed by atoms with Gasteiger partial charge in [0.05, 0.1) is 12.8 Å². The maximum atomic E-state index is 11.5. The summed E-state index contributed by atoms with van der Waals surface area (Å²) >= 11 is 4.90. The summed E-state index contributed by atoms with van der Waals surface area (Å²) in [5.74, 6) is -0.412. The minimum atomic E-state index is -0.412.